The minimum absolute atomic E-state index is 0.488. The predicted molar refractivity (Wildman–Crippen MR) is 69.4 cm³/mol. The van der Waals surface area contributed by atoms with Gasteiger partial charge in [0.2, 0.25) is 0 Å². The van der Waals surface area contributed by atoms with Crippen LogP contribution in [0.25, 0.3) is 11.6 Å². The molecular formula is C12H16N6. The van der Waals surface area contributed by atoms with Gasteiger partial charge in [0.1, 0.15) is 5.82 Å². The summed E-state index contributed by atoms with van der Waals surface area (Å²) in [5, 5.41) is 0. The van der Waals surface area contributed by atoms with E-state index in [2.05, 4.69) is 39.2 Å². The van der Waals surface area contributed by atoms with Gasteiger partial charge >= 0.3 is 0 Å². The van der Waals surface area contributed by atoms with Gasteiger partial charge in [0.15, 0.2) is 11.6 Å². The number of hydrazine groups is 1. The SMILES string of the molecule is CC(C)Cc1cc(NN)nc(-c2ncccn2)n1. The maximum absolute atomic E-state index is 5.42. The van der Waals surface area contributed by atoms with Crippen molar-refractivity contribution in [1.29, 1.82) is 0 Å². The van der Waals surface area contributed by atoms with Crippen LogP contribution < -0.4 is 11.3 Å². The highest BCUT2D eigenvalue weighted by molar-refractivity contribution is 5.48. The zero-order valence-electron chi connectivity index (χ0n) is 10.5. The van der Waals surface area contributed by atoms with E-state index in [9.17, 15) is 0 Å². The quantitative estimate of drug-likeness (QED) is 0.624. The van der Waals surface area contributed by atoms with Gasteiger partial charge in [0.25, 0.3) is 0 Å². The molecule has 2 aromatic heterocycles. The van der Waals surface area contributed by atoms with E-state index in [4.69, 9.17) is 5.84 Å². The van der Waals surface area contributed by atoms with Crippen LogP contribution in [0.15, 0.2) is 24.5 Å². The smallest absolute Gasteiger partial charge is 0.199 e. The number of hydrogen-bond donors (Lipinski definition) is 2. The Morgan fingerprint density at radius 2 is 1.89 bits per heavy atom. The lowest BCUT2D eigenvalue weighted by atomic mass is 10.1. The Kier molecular flexibility index (Phi) is 3.78. The van der Waals surface area contributed by atoms with Gasteiger partial charge < -0.3 is 5.43 Å². The van der Waals surface area contributed by atoms with Gasteiger partial charge in [-0.25, -0.2) is 25.8 Å². The van der Waals surface area contributed by atoms with Gasteiger partial charge in [-0.05, 0) is 18.4 Å². The fraction of sp³-hybridized carbons (Fsp3) is 0.333. The van der Waals surface area contributed by atoms with Crippen molar-refractivity contribution >= 4 is 5.82 Å². The zero-order chi connectivity index (χ0) is 13.0. The third kappa shape index (κ3) is 2.98. The second kappa shape index (κ2) is 5.50. The summed E-state index contributed by atoms with van der Waals surface area (Å²) in [5.41, 5.74) is 3.47. The van der Waals surface area contributed by atoms with Gasteiger partial charge in [-0.1, -0.05) is 13.8 Å². The van der Waals surface area contributed by atoms with E-state index >= 15 is 0 Å². The van der Waals surface area contributed by atoms with Crippen molar-refractivity contribution in [3.8, 4) is 11.6 Å². The van der Waals surface area contributed by atoms with Crippen LogP contribution in [-0.4, -0.2) is 19.9 Å². The molecule has 0 aliphatic carbocycles. The number of nitrogens with zero attached hydrogens (tertiary/aromatic N) is 4. The summed E-state index contributed by atoms with van der Waals surface area (Å²) >= 11 is 0. The van der Waals surface area contributed by atoms with Crippen molar-refractivity contribution in [2.24, 2.45) is 11.8 Å². The molecule has 0 aromatic carbocycles. The Morgan fingerprint density at radius 1 is 1.17 bits per heavy atom. The molecule has 94 valence electrons. The molecule has 0 saturated carbocycles. The van der Waals surface area contributed by atoms with Crippen LogP contribution in [0.4, 0.5) is 5.82 Å². The van der Waals surface area contributed by atoms with Crippen LogP contribution in [-0.2, 0) is 6.42 Å². The first kappa shape index (κ1) is 12.4. The number of nitrogens with one attached hydrogen (secondary N) is 1. The number of rotatable bonds is 4. The average Bonchev–Trinajstić information content (AvgIpc) is 2.38. The lowest BCUT2D eigenvalue weighted by Gasteiger charge is -2.08. The highest BCUT2D eigenvalue weighted by Gasteiger charge is 2.09. The van der Waals surface area contributed by atoms with E-state index in [1.807, 2.05) is 6.07 Å². The van der Waals surface area contributed by atoms with Gasteiger partial charge in [0.05, 0.1) is 0 Å². The Labute approximate surface area is 106 Å². The van der Waals surface area contributed by atoms with Crippen LogP contribution in [0.5, 0.6) is 0 Å². The molecule has 0 radical (unpaired) electrons. The topological polar surface area (TPSA) is 89.6 Å². The first-order chi connectivity index (χ1) is 8.69. The second-order valence-corrected chi connectivity index (χ2v) is 4.38. The summed E-state index contributed by atoms with van der Waals surface area (Å²) in [6.07, 6.45) is 4.18. The lowest BCUT2D eigenvalue weighted by Crippen LogP contribution is -2.11. The molecule has 0 atom stereocenters. The summed E-state index contributed by atoms with van der Waals surface area (Å²) in [7, 11) is 0. The minimum Gasteiger partial charge on any atom is -0.308 e. The van der Waals surface area contributed by atoms with Crippen molar-refractivity contribution in [3.63, 3.8) is 0 Å². The summed E-state index contributed by atoms with van der Waals surface area (Å²) in [5.74, 6) is 7.48. The van der Waals surface area contributed by atoms with Gasteiger partial charge in [-0.15, -0.1) is 0 Å². The lowest BCUT2D eigenvalue weighted by molar-refractivity contribution is 0.634. The van der Waals surface area contributed by atoms with Crippen molar-refractivity contribution in [2.45, 2.75) is 20.3 Å². The number of anilines is 1. The molecule has 0 saturated heterocycles. The van der Waals surface area contributed by atoms with Crippen LogP contribution in [0.1, 0.15) is 19.5 Å². The van der Waals surface area contributed by atoms with Gasteiger partial charge in [0, 0.05) is 24.2 Å². The Hall–Kier alpha value is -2.08. The molecule has 3 N–H and O–H groups in total. The monoisotopic (exact) mass is 244 g/mol. The molecule has 0 spiro atoms. The molecule has 6 nitrogen and oxygen atoms in total. The number of nitrogens with two attached hydrogens (primary N) is 1. The third-order valence-electron chi connectivity index (χ3n) is 2.31. The van der Waals surface area contributed by atoms with E-state index in [0.717, 1.165) is 12.1 Å². The van der Waals surface area contributed by atoms with Crippen molar-refractivity contribution in [1.82, 2.24) is 19.9 Å². The Morgan fingerprint density at radius 3 is 2.50 bits per heavy atom. The predicted octanol–water partition coefficient (Wildman–Crippen LogP) is 1.42. The molecule has 2 aromatic rings. The molecule has 2 heterocycles. The van der Waals surface area contributed by atoms with Crippen molar-refractivity contribution in [3.05, 3.63) is 30.2 Å². The van der Waals surface area contributed by atoms with Crippen LogP contribution in [0.3, 0.4) is 0 Å². The summed E-state index contributed by atoms with van der Waals surface area (Å²) in [6.45, 7) is 4.27. The molecule has 2 rings (SSSR count). The van der Waals surface area contributed by atoms with E-state index in [-0.39, 0.29) is 0 Å². The average molecular weight is 244 g/mol. The summed E-state index contributed by atoms with van der Waals surface area (Å²) < 4.78 is 0. The number of aromatic nitrogens is 4. The standard InChI is InChI=1S/C12H16N6/c1-8(2)6-9-7-10(18-13)17-12(16-9)11-14-4-3-5-15-11/h3-5,7-8H,6,13H2,1-2H3,(H,16,17,18). The molecule has 0 bridgehead atoms. The molecule has 0 amide bonds. The molecule has 6 heteroatoms. The summed E-state index contributed by atoms with van der Waals surface area (Å²) in [4.78, 5) is 17.0. The molecule has 0 fully saturated rings. The van der Waals surface area contributed by atoms with Gasteiger partial charge in [-0.2, -0.15) is 0 Å². The van der Waals surface area contributed by atoms with E-state index < -0.39 is 0 Å². The highest BCUT2D eigenvalue weighted by atomic mass is 15.3. The van der Waals surface area contributed by atoms with E-state index in [1.165, 1.54) is 0 Å². The largest absolute Gasteiger partial charge is 0.308 e. The normalized spacial score (nSPS) is 10.7. The molecule has 18 heavy (non-hydrogen) atoms. The molecule has 0 aliphatic heterocycles. The van der Waals surface area contributed by atoms with Crippen LogP contribution >= 0.6 is 0 Å². The Bertz CT molecular complexity index is 511. The first-order valence-electron chi connectivity index (χ1n) is 5.81. The maximum Gasteiger partial charge on any atom is 0.199 e. The fourth-order valence-corrected chi connectivity index (χ4v) is 1.61. The summed E-state index contributed by atoms with van der Waals surface area (Å²) in [6, 6.07) is 3.59. The molecular weight excluding hydrogens is 228 g/mol. The first-order valence-corrected chi connectivity index (χ1v) is 5.81. The molecule has 0 aliphatic rings. The fourth-order valence-electron chi connectivity index (χ4n) is 1.61. The molecule has 0 unspecified atom stereocenters. The van der Waals surface area contributed by atoms with Gasteiger partial charge in [-0.3, -0.25) is 0 Å². The number of nitrogen functional groups attached to an aromatic ring is 1. The highest BCUT2D eigenvalue weighted by Crippen LogP contribution is 2.15. The van der Waals surface area contributed by atoms with Crippen molar-refractivity contribution < 1.29 is 0 Å². The van der Waals surface area contributed by atoms with E-state index in [0.29, 0.717) is 23.4 Å². The van der Waals surface area contributed by atoms with Crippen LogP contribution in [0, 0.1) is 5.92 Å². The van der Waals surface area contributed by atoms with Crippen LogP contribution in [0.2, 0.25) is 0 Å². The minimum atomic E-state index is 0.488. The maximum atomic E-state index is 5.42. The Balaban J connectivity index is 2.41. The van der Waals surface area contributed by atoms with Crippen molar-refractivity contribution in [2.75, 3.05) is 5.43 Å². The zero-order valence-corrected chi connectivity index (χ0v) is 10.5. The second-order valence-electron chi connectivity index (χ2n) is 4.38. The van der Waals surface area contributed by atoms with E-state index in [1.54, 1.807) is 18.5 Å². The number of hydrogen-bond acceptors (Lipinski definition) is 6. The third-order valence-corrected chi connectivity index (χ3v) is 2.31.